The molecule has 1 heterocycles. The summed E-state index contributed by atoms with van der Waals surface area (Å²) in [7, 11) is 0. The first-order valence-electron chi connectivity index (χ1n) is 5.63. The number of fused-ring (bicyclic) bond motifs is 1. The van der Waals surface area contributed by atoms with Gasteiger partial charge >= 0.3 is 0 Å². The Balaban J connectivity index is 1.99. The number of furan rings is 1. The number of carbonyl (C=O) groups is 1. The highest BCUT2D eigenvalue weighted by molar-refractivity contribution is 6.15. The predicted octanol–water partition coefficient (Wildman–Crippen LogP) is 3.41. The molecular weight excluding hydrogens is 212 g/mol. The summed E-state index contributed by atoms with van der Waals surface area (Å²) in [5, 5.41) is 0. The first kappa shape index (κ1) is 10.1. The van der Waals surface area contributed by atoms with E-state index in [0.717, 1.165) is 28.2 Å². The Morgan fingerprint density at radius 2 is 2.00 bits per heavy atom. The molecule has 3 rings (SSSR count). The van der Waals surface area contributed by atoms with E-state index in [1.165, 1.54) is 0 Å². The number of ketones is 1. The summed E-state index contributed by atoms with van der Waals surface area (Å²) >= 11 is 0. The Hall–Kier alpha value is -2.09. The second-order valence-electron chi connectivity index (χ2n) is 4.28. The van der Waals surface area contributed by atoms with Crippen LogP contribution in [0.2, 0.25) is 0 Å². The van der Waals surface area contributed by atoms with Crippen LogP contribution in [0.4, 0.5) is 0 Å². The van der Waals surface area contributed by atoms with E-state index in [2.05, 4.69) is 0 Å². The van der Waals surface area contributed by atoms with Crippen LogP contribution in [-0.4, -0.2) is 5.78 Å². The lowest BCUT2D eigenvalue weighted by atomic mass is 10.1. The second-order valence-corrected chi connectivity index (χ2v) is 4.28. The molecule has 0 saturated carbocycles. The van der Waals surface area contributed by atoms with Crippen molar-refractivity contribution in [3.8, 4) is 0 Å². The quantitative estimate of drug-likeness (QED) is 0.695. The van der Waals surface area contributed by atoms with Crippen LogP contribution in [-0.2, 0) is 6.42 Å². The van der Waals surface area contributed by atoms with E-state index in [1.807, 2.05) is 49.4 Å². The van der Waals surface area contributed by atoms with Crippen molar-refractivity contribution in [1.82, 2.24) is 0 Å². The molecule has 1 aliphatic carbocycles. The zero-order chi connectivity index (χ0) is 11.8. The van der Waals surface area contributed by atoms with Crippen molar-refractivity contribution in [1.29, 1.82) is 0 Å². The lowest BCUT2D eigenvalue weighted by molar-refractivity contribution is 0.104. The van der Waals surface area contributed by atoms with Crippen LogP contribution in [0.3, 0.4) is 0 Å². The van der Waals surface area contributed by atoms with Gasteiger partial charge in [0.1, 0.15) is 11.5 Å². The van der Waals surface area contributed by atoms with Gasteiger partial charge in [-0.3, -0.25) is 4.79 Å². The Labute approximate surface area is 99.6 Å². The van der Waals surface area contributed by atoms with Crippen molar-refractivity contribution in [3.05, 3.63) is 64.6 Å². The normalized spacial score (nSPS) is 16.5. The van der Waals surface area contributed by atoms with Gasteiger partial charge < -0.3 is 4.42 Å². The van der Waals surface area contributed by atoms with E-state index < -0.39 is 0 Å². The molecule has 1 aliphatic rings. The van der Waals surface area contributed by atoms with Gasteiger partial charge in [-0.25, -0.2) is 0 Å². The predicted molar refractivity (Wildman–Crippen MR) is 65.9 cm³/mol. The lowest BCUT2D eigenvalue weighted by Gasteiger charge is -1.92. The summed E-state index contributed by atoms with van der Waals surface area (Å²) < 4.78 is 5.46. The molecule has 2 heteroatoms. The van der Waals surface area contributed by atoms with Crippen LogP contribution >= 0.6 is 0 Å². The number of aryl methyl sites for hydroxylation is 1. The van der Waals surface area contributed by atoms with E-state index in [0.29, 0.717) is 6.42 Å². The van der Waals surface area contributed by atoms with Gasteiger partial charge in [-0.2, -0.15) is 0 Å². The summed E-state index contributed by atoms with van der Waals surface area (Å²) in [6.45, 7) is 1.90. The first-order valence-corrected chi connectivity index (χ1v) is 5.63. The molecule has 17 heavy (non-hydrogen) atoms. The van der Waals surface area contributed by atoms with E-state index in [4.69, 9.17) is 4.42 Å². The molecule has 0 amide bonds. The zero-order valence-corrected chi connectivity index (χ0v) is 9.57. The summed E-state index contributed by atoms with van der Waals surface area (Å²) in [6.07, 6.45) is 2.55. The van der Waals surface area contributed by atoms with Gasteiger partial charge in [-0.15, -0.1) is 0 Å². The fraction of sp³-hybridized carbons (Fsp3) is 0.133. The first-order chi connectivity index (χ1) is 8.24. The minimum absolute atomic E-state index is 0.120. The van der Waals surface area contributed by atoms with Gasteiger partial charge in [0.2, 0.25) is 0 Å². The Morgan fingerprint density at radius 3 is 2.71 bits per heavy atom. The maximum absolute atomic E-state index is 12.1. The van der Waals surface area contributed by atoms with Crippen LogP contribution < -0.4 is 0 Å². The monoisotopic (exact) mass is 224 g/mol. The van der Waals surface area contributed by atoms with E-state index in [1.54, 1.807) is 0 Å². The van der Waals surface area contributed by atoms with Gasteiger partial charge in [-0.1, -0.05) is 24.3 Å². The summed E-state index contributed by atoms with van der Waals surface area (Å²) in [5.74, 6) is 1.73. The smallest absolute Gasteiger partial charge is 0.189 e. The molecule has 0 radical (unpaired) electrons. The minimum atomic E-state index is 0.120. The fourth-order valence-corrected chi connectivity index (χ4v) is 2.17. The maximum atomic E-state index is 12.1. The average Bonchev–Trinajstić information content (AvgIpc) is 2.86. The van der Waals surface area contributed by atoms with Gasteiger partial charge in [0.25, 0.3) is 0 Å². The van der Waals surface area contributed by atoms with Crippen molar-refractivity contribution >= 4 is 11.9 Å². The molecule has 0 fully saturated rings. The number of allylic oxidation sites excluding steroid dienone is 1. The third-order valence-electron chi connectivity index (χ3n) is 3.01. The number of rotatable bonds is 1. The highest BCUT2D eigenvalue weighted by atomic mass is 16.3. The fourth-order valence-electron chi connectivity index (χ4n) is 2.17. The van der Waals surface area contributed by atoms with Crippen molar-refractivity contribution in [2.24, 2.45) is 0 Å². The summed E-state index contributed by atoms with van der Waals surface area (Å²) in [4.78, 5) is 12.1. The molecule has 84 valence electrons. The van der Waals surface area contributed by atoms with Crippen LogP contribution in [0, 0.1) is 6.92 Å². The molecule has 0 atom stereocenters. The zero-order valence-electron chi connectivity index (χ0n) is 9.57. The van der Waals surface area contributed by atoms with Gasteiger partial charge in [-0.05, 0) is 30.7 Å². The number of hydrogen-bond donors (Lipinski definition) is 0. The molecule has 2 nitrogen and oxygen atoms in total. The lowest BCUT2D eigenvalue weighted by Crippen LogP contribution is -1.94. The number of benzene rings is 1. The summed E-state index contributed by atoms with van der Waals surface area (Å²) in [6, 6.07) is 11.5. The highest BCUT2D eigenvalue weighted by Crippen LogP contribution is 2.27. The third kappa shape index (κ3) is 1.72. The van der Waals surface area contributed by atoms with Crippen molar-refractivity contribution in [2.75, 3.05) is 0 Å². The molecule has 2 aromatic rings. The van der Waals surface area contributed by atoms with Crippen LogP contribution in [0.5, 0.6) is 0 Å². The molecule has 0 saturated heterocycles. The molecule has 1 aromatic carbocycles. The van der Waals surface area contributed by atoms with Crippen LogP contribution in [0.15, 0.2) is 46.4 Å². The number of carbonyl (C=O) groups excluding carboxylic acids is 1. The molecule has 0 bridgehead atoms. The Bertz CT molecular complexity index is 617. The third-order valence-corrected chi connectivity index (χ3v) is 3.01. The number of hydrogen-bond acceptors (Lipinski definition) is 2. The van der Waals surface area contributed by atoms with Gasteiger partial charge in [0.15, 0.2) is 5.78 Å². The standard InChI is InChI=1S/C15H12O2/c1-10-6-7-13(17-10)9-12-8-11-4-2-3-5-14(11)15(12)16/h2-7,9H,8H2,1H3/b12-9+. The number of Topliss-reactive ketones (excluding diaryl/α,β-unsaturated/α-hetero) is 1. The Morgan fingerprint density at radius 1 is 1.18 bits per heavy atom. The average molecular weight is 224 g/mol. The van der Waals surface area contributed by atoms with E-state index in [9.17, 15) is 4.79 Å². The SMILES string of the molecule is Cc1ccc(/C=C2\Cc3ccccc3C2=O)o1. The highest BCUT2D eigenvalue weighted by Gasteiger charge is 2.24. The molecule has 0 spiro atoms. The molecule has 1 aromatic heterocycles. The van der Waals surface area contributed by atoms with E-state index in [-0.39, 0.29) is 5.78 Å². The molecular formula is C15H12O2. The summed E-state index contributed by atoms with van der Waals surface area (Å²) in [5.41, 5.74) is 2.73. The maximum Gasteiger partial charge on any atom is 0.189 e. The van der Waals surface area contributed by atoms with Gasteiger partial charge in [0.05, 0.1) is 0 Å². The molecule has 0 N–H and O–H groups in total. The van der Waals surface area contributed by atoms with Gasteiger partial charge in [0, 0.05) is 17.6 Å². The van der Waals surface area contributed by atoms with Crippen molar-refractivity contribution in [3.63, 3.8) is 0 Å². The van der Waals surface area contributed by atoms with Crippen molar-refractivity contribution in [2.45, 2.75) is 13.3 Å². The topological polar surface area (TPSA) is 30.2 Å². The molecule has 0 aliphatic heterocycles. The second kappa shape index (κ2) is 3.74. The van der Waals surface area contributed by atoms with Crippen LogP contribution in [0.1, 0.15) is 27.4 Å². The molecule has 0 unspecified atom stereocenters. The van der Waals surface area contributed by atoms with Crippen molar-refractivity contribution < 1.29 is 9.21 Å². The largest absolute Gasteiger partial charge is 0.462 e. The Kier molecular flexibility index (Phi) is 2.22. The van der Waals surface area contributed by atoms with E-state index >= 15 is 0 Å². The minimum Gasteiger partial charge on any atom is -0.462 e. The van der Waals surface area contributed by atoms with Crippen LogP contribution in [0.25, 0.3) is 6.08 Å².